The molecular weight excluding hydrogens is 214 g/mol. The quantitative estimate of drug-likeness (QED) is 0.767. The molecule has 1 aliphatic rings. The second-order valence-electron chi connectivity index (χ2n) is 3.14. The zero-order valence-corrected chi connectivity index (χ0v) is 8.61. The molecule has 0 saturated carbocycles. The highest BCUT2D eigenvalue weighted by molar-refractivity contribution is 7.94. The summed E-state index contributed by atoms with van der Waals surface area (Å²) in [6.45, 7) is -0.116. The van der Waals surface area contributed by atoms with Gasteiger partial charge < -0.3 is 5.11 Å². The zero-order chi connectivity index (χ0) is 10.9. The number of aliphatic hydroxyl groups excluding tert-OH is 1. The Bertz CT molecular complexity index is 544. The summed E-state index contributed by atoms with van der Waals surface area (Å²) in [4.78, 5) is 4.04. The van der Waals surface area contributed by atoms with Crippen molar-refractivity contribution in [1.29, 1.82) is 0 Å². The summed E-state index contributed by atoms with van der Waals surface area (Å²) < 4.78 is 23.3. The van der Waals surface area contributed by atoms with Crippen LogP contribution in [0.1, 0.15) is 11.1 Å². The van der Waals surface area contributed by atoms with Crippen LogP contribution in [0.5, 0.6) is 0 Å². The number of fused-ring (bicyclic) bond motifs is 1. The maximum absolute atomic E-state index is 11.7. The van der Waals surface area contributed by atoms with E-state index in [9.17, 15) is 8.42 Å². The molecule has 1 N–H and O–H groups in total. The molecule has 1 heterocycles. The maximum atomic E-state index is 11.7. The van der Waals surface area contributed by atoms with Crippen LogP contribution in [0.25, 0.3) is 0 Å². The van der Waals surface area contributed by atoms with Gasteiger partial charge in [0.2, 0.25) is 9.84 Å². The van der Waals surface area contributed by atoms with Crippen LogP contribution in [0, 0.1) is 0 Å². The molecule has 0 aromatic heterocycles. The van der Waals surface area contributed by atoms with E-state index in [1.165, 1.54) is 18.5 Å². The van der Waals surface area contributed by atoms with Gasteiger partial charge in [-0.15, -0.1) is 0 Å². The summed E-state index contributed by atoms with van der Waals surface area (Å²) in [5.41, 5.74) is 1.17. The number of aliphatic imine (C=N–C) groups is 1. The Morgan fingerprint density at radius 2 is 2.13 bits per heavy atom. The van der Waals surface area contributed by atoms with E-state index in [0.717, 1.165) is 5.41 Å². The van der Waals surface area contributed by atoms with Gasteiger partial charge in [-0.25, -0.2) is 8.42 Å². The van der Waals surface area contributed by atoms with E-state index in [2.05, 4.69) is 4.99 Å². The first-order valence-corrected chi connectivity index (χ1v) is 5.87. The average molecular weight is 223 g/mol. The fourth-order valence-corrected chi connectivity index (χ4v) is 2.44. The smallest absolute Gasteiger partial charge is 0.201 e. The van der Waals surface area contributed by atoms with Crippen LogP contribution in [0.3, 0.4) is 0 Å². The molecule has 15 heavy (non-hydrogen) atoms. The molecule has 0 bridgehead atoms. The number of benzene rings is 1. The van der Waals surface area contributed by atoms with Crippen molar-refractivity contribution in [2.75, 3.05) is 0 Å². The number of hydrogen-bond donors (Lipinski definition) is 1. The Hall–Kier alpha value is -1.46. The highest BCUT2D eigenvalue weighted by Crippen LogP contribution is 2.20. The number of hydrogen-bond acceptors (Lipinski definition) is 4. The van der Waals surface area contributed by atoms with Gasteiger partial charge in [0.1, 0.15) is 0 Å². The van der Waals surface area contributed by atoms with Gasteiger partial charge in [0.25, 0.3) is 0 Å². The molecule has 0 fully saturated rings. The van der Waals surface area contributed by atoms with Gasteiger partial charge in [-0.2, -0.15) is 0 Å². The molecule has 0 saturated heterocycles. The van der Waals surface area contributed by atoms with Crippen molar-refractivity contribution in [1.82, 2.24) is 0 Å². The van der Waals surface area contributed by atoms with Crippen molar-refractivity contribution >= 4 is 16.1 Å². The second kappa shape index (κ2) is 3.60. The van der Waals surface area contributed by atoms with E-state index >= 15 is 0 Å². The fourth-order valence-electron chi connectivity index (χ4n) is 1.37. The van der Waals surface area contributed by atoms with Crippen LogP contribution in [-0.4, -0.2) is 19.7 Å². The number of nitrogens with zero attached hydrogens (tertiary/aromatic N) is 1. The highest BCUT2D eigenvalue weighted by atomic mass is 32.2. The lowest BCUT2D eigenvalue weighted by molar-refractivity contribution is 0.281. The lowest BCUT2D eigenvalue weighted by atomic mass is 10.1. The van der Waals surface area contributed by atoms with E-state index in [-0.39, 0.29) is 11.5 Å². The van der Waals surface area contributed by atoms with Crippen LogP contribution in [0.2, 0.25) is 0 Å². The molecule has 0 atom stereocenters. The van der Waals surface area contributed by atoms with Gasteiger partial charge >= 0.3 is 0 Å². The molecule has 1 aliphatic heterocycles. The summed E-state index contributed by atoms with van der Waals surface area (Å²) in [6, 6.07) is 4.69. The first kappa shape index (κ1) is 10.1. The Morgan fingerprint density at radius 3 is 2.87 bits per heavy atom. The molecule has 0 aliphatic carbocycles. The van der Waals surface area contributed by atoms with Crippen molar-refractivity contribution in [3.63, 3.8) is 0 Å². The van der Waals surface area contributed by atoms with Gasteiger partial charge in [0.05, 0.1) is 16.9 Å². The van der Waals surface area contributed by atoms with E-state index in [1.807, 2.05) is 0 Å². The normalized spacial score (nSPS) is 17.1. The van der Waals surface area contributed by atoms with Crippen molar-refractivity contribution in [2.45, 2.75) is 11.5 Å². The number of aliphatic hydroxyl groups is 1. The van der Waals surface area contributed by atoms with E-state index < -0.39 is 9.84 Å². The predicted molar refractivity (Wildman–Crippen MR) is 56.3 cm³/mol. The molecule has 4 nitrogen and oxygen atoms in total. The minimum atomic E-state index is -3.39. The van der Waals surface area contributed by atoms with Crippen molar-refractivity contribution in [3.8, 4) is 0 Å². The van der Waals surface area contributed by atoms with Crippen LogP contribution < -0.4 is 0 Å². The molecule has 0 unspecified atom stereocenters. The maximum Gasteiger partial charge on any atom is 0.201 e. The summed E-state index contributed by atoms with van der Waals surface area (Å²) in [7, 11) is -3.39. The van der Waals surface area contributed by atoms with Crippen LogP contribution in [0.15, 0.2) is 39.7 Å². The van der Waals surface area contributed by atoms with E-state index in [4.69, 9.17) is 5.11 Å². The first-order chi connectivity index (χ1) is 7.13. The Kier molecular flexibility index (Phi) is 2.42. The standard InChI is InChI=1S/C10H9NO3S/c12-7-8-1-2-10-9(5-8)6-11-3-4-15(10,13)14/h1-6,12H,7H2. The van der Waals surface area contributed by atoms with E-state index in [1.54, 1.807) is 12.1 Å². The first-order valence-electron chi connectivity index (χ1n) is 4.32. The number of rotatable bonds is 1. The molecular formula is C10H9NO3S. The Labute approximate surface area is 87.5 Å². The zero-order valence-electron chi connectivity index (χ0n) is 7.79. The fraction of sp³-hybridized carbons (Fsp3) is 0.100. The summed E-state index contributed by atoms with van der Waals surface area (Å²) in [5, 5.41) is 9.99. The third kappa shape index (κ3) is 1.84. The van der Waals surface area contributed by atoms with Gasteiger partial charge in [0.15, 0.2) is 0 Å². The third-order valence-corrected chi connectivity index (χ3v) is 3.57. The van der Waals surface area contributed by atoms with Gasteiger partial charge in [-0.05, 0) is 17.7 Å². The Balaban J connectivity index is 2.69. The van der Waals surface area contributed by atoms with Crippen molar-refractivity contribution < 1.29 is 13.5 Å². The van der Waals surface area contributed by atoms with Gasteiger partial charge in [-0.3, -0.25) is 4.99 Å². The highest BCUT2D eigenvalue weighted by Gasteiger charge is 2.16. The monoisotopic (exact) mass is 223 g/mol. The molecule has 1 aromatic carbocycles. The SMILES string of the molecule is O=S1(=O)C=CN=Cc2cc(CO)ccc21. The van der Waals surface area contributed by atoms with Crippen LogP contribution in [0.4, 0.5) is 0 Å². The van der Waals surface area contributed by atoms with E-state index in [0.29, 0.717) is 11.1 Å². The molecule has 78 valence electrons. The summed E-state index contributed by atoms with van der Waals surface area (Å²) in [5.74, 6) is 0. The molecule has 2 rings (SSSR count). The molecule has 1 aromatic rings. The summed E-state index contributed by atoms with van der Waals surface area (Å²) >= 11 is 0. The largest absolute Gasteiger partial charge is 0.392 e. The van der Waals surface area contributed by atoms with Crippen LogP contribution >= 0.6 is 0 Å². The topological polar surface area (TPSA) is 66.7 Å². The van der Waals surface area contributed by atoms with Crippen molar-refractivity contribution in [3.05, 3.63) is 40.9 Å². The summed E-state index contributed by atoms with van der Waals surface area (Å²) in [6.07, 6.45) is 2.71. The molecule has 0 spiro atoms. The third-order valence-electron chi connectivity index (χ3n) is 2.10. The minimum Gasteiger partial charge on any atom is -0.392 e. The molecule has 0 amide bonds. The Morgan fingerprint density at radius 1 is 1.33 bits per heavy atom. The lowest BCUT2D eigenvalue weighted by Crippen LogP contribution is -2.01. The second-order valence-corrected chi connectivity index (χ2v) is 4.94. The average Bonchev–Trinajstić information content (AvgIpc) is 2.37. The predicted octanol–water partition coefficient (Wildman–Crippen LogP) is 0.856. The lowest BCUT2D eigenvalue weighted by Gasteiger charge is -2.04. The molecule has 0 radical (unpaired) electrons. The minimum absolute atomic E-state index is 0.116. The molecule has 5 heteroatoms. The number of sulfone groups is 1. The van der Waals surface area contributed by atoms with Gasteiger partial charge in [-0.1, -0.05) is 6.07 Å². The van der Waals surface area contributed by atoms with Crippen LogP contribution in [-0.2, 0) is 16.4 Å². The van der Waals surface area contributed by atoms with Gasteiger partial charge in [0, 0.05) is 18.0 Å². The van der Waals surface area contributed by atoms with Crippen molar-refractivity contribution in [2.24, 2.45) is 4.99 Å².